The summed E-state index contributed by atoms with van der Waals surface area (Å²) in [5, 5.41) is 11.7. The van der Waals surface area contributed by atoms with Gasteiger partial charge in [-0.05, 0) is 98.0 Å². The normalized spacial score (nSPS) is 36.0. The molecule has 0 aromatic rings. The number of hydrogen-bond donors (Lipinski definition) is 1. The number of allylic oxidation sites excluding steroid dienone is 9. The highest BCUT2D eigenvalue weighted by Gasteiger charge is 2.65. The summed E-state index contributed by atoms with van der Waals surface area (Å²) in [6, 6.07) is 0. The molecule has 3 aliphatic rings. The Kier molecular flexibility index (Phi) is 8.94. The third-order valence-electron chi connectivity index (χ3n) is 8.05. The molecule has 1 N–H and O–H groups in total. The maximum atomic E-state index is 11.7. The lowest BCUT2D eigenvalue weighted by atomic mass is 9.53. The zero-order valence-corrected chi connectivity index (χ0v) is 22.0. The van der Waals surface area contributed by atoms with E-state index in [1.807, 2.05) is 13.8 Å². The number of aliphatic hydroxyl groups is 1. The fourth-order valence-electron chi connectivity index (χ4n) is 6.14. The van der Waals surface area contributed by atoms with Crippen LogP contribution in [0.3, 0.4) is 0 Å². The van der Waals surface area contributed by atoms with Gasteiger partial charge in [-0.25, -0.2) is 0 Å². The van der Waals surface area contributed by atoms with E-state index < -0.39 is 17.3 Å². The molecule has 2 heterocycles. The molecule has 0 amide bonds. The van der Waals surface area contributed by atoms with Gasteiger partial charge in [0.1, 0.15) is 6.29 Å². The van der Waals surface area contributed by atoms with Crippen LogP contribution in [0.2, 0.25) is 0 Å². The molecular formula is C30H44O4. The molecule has 1 spiro atoms. The summed E-state index contributed by atoms with van der Waals surface area (Å²) in [4.78, 5) is 11.7. The smallest absolute Gasteiger partial charge is 0.167 e. The van der Waals surface area contributed by atoms with Gasteiger partial charge in [-0.15, -0.1) is 0 Å². The van der Waals surface area contributed by atoms with Gasteiger partial charge in [0, 0.05) is 6.61 Å². The van der Waals surface area contributed by atoms with Gasteiger partial charge in [-0.3, -0.25) is 4.79 Å². The lowest BCUT2D eigenvalue weighted by Crippen LogP contribution is -2.58. The molecule has 4 nitrogen and oxygen atoms in total. The van der Waals surface area contributed by atoms with Gasteiger partial charge in [0.15, 0.2) is 6.29 Å². The van der Waals surface area contributed by atoms with E-state index in [1.165, 1.54) is 16.7 Å². The average molecular weight is 469 g/mol. The van der Waals surface area contributed by atoms with E-state index in [4.69, 9.17) is 9.47 Å². The van der Waals surface area contributed by atoms with Crippen LogP contribution >= 0.6 is 0 Å². The number of carbonyl (C=O) groups is 1. The van der Waals surface area contributed by atoms with E-state index in [0.29, 0.717) is 19.4 Å². The molecule has 188 valence electrons. The first-order chi connectivity index (χ1) is 16.1. The second-order valence-corrected chi connectivity index (χ2v) is 11.0. The zero-order chi connectivity index (χ0) is 24.9. The van der Waals surface area contributed by atoms with Crippen molar-refractivity contribution in [2.24, 2.45) is 11.3 Å². The van der Waals surface area contributed by atoms with Crippen LogP contribution in [0, 0.1) is 11.3 Å². The van der Waals surface area contributed by atoms with Gasteiger partial charge in [-0.2, -0.15) is 0 Å². The Balaban J connectivity index is 1.80. The van der Waals surface area contributed by atoms with Crippen molar-refractivity contribution in [2.45, 2.75) is 104 Å². The van der Waals surface area contributed by atoms with Crippen molar-refractivity contribution < 1.29 is 19.4 Å². The molecule has 4 heteroatoms. The summed E-state index contributed by atoms with van der Waals surface area (Å²) in [6.07, 6.45) is 17.3. The fraction of sp³-hybridized carbons (Fsp3) is 0.633. The van der Waals surface area contributed by atoms with Crippen LogP contribution < -0.4 is 0 Å². The van der Waals surface area contributed by atoms with Crippen LogP contribution in [-0.2, 0) is 14.3 Å². The number of carbonyl (C=O) groups excluding carboxylic acids is 1. The first-order valence-corrected chi connectivity index (χ1v) is 12.9. The van der Waals surface area contributed by atoms with Gasteiger partial charge in [0.25, 0.3) is 0 Å². The minimum absolute atomic E-state index is 0.106. The van der Waals surface area contributed by atoms with Crippen molar-refractivity contribution in [3.05, 3.63) is 58.2 Å². The van der Waals surface area contributed by atoms with E-state index in [9.17, 15) is 9.90 Å². The molecule has 1 saturated carbocycles. The molecule has 2 aliphatic heterocycles. The SMILES string of the molecule is CC(C)=CCC/C(C)=C/C=C/C(C)=C/[C@H]1C[C@@]23[C@H](OCCC[C@@H]2/C(=C(/C)C=O)CC[C@]3(C)O)O1. The van der Waals surface area contributed by atoms with Crippen LogP contribution in [0.1, 0.15) is 86.5 Å². The summed E-state index contributed by atoms with van der Waals surface area (Å²) >= 11 is 0. The van der Waals surface area contributed by atoms with Crippen molar-refractivity contribution in [1.82, 2.24) is 0 Å². The third kappa shape index (κ3) is 5.72. The number of hydrogen-bond acceptors (Lipinski definition) is 4. The monoisotopic (exact) mass is 468 g/mol. The Morgan fingerprint density at radius 2 is 1.97 bits per heavy atom. The minimum Gasteiger partial charge on any atom is -0.389 e. The second-order valence-electron chi connectivity index (χ2n) is 11.0. The van der Waals surface area contributed by atoms with Crippen molar-refractivity contribution in [1.29, 1.82) is 0 Å². The van der Waals surface area contributed by atoms with Gasteiger partial charge < -0.3 is 14.6 Å². The van der Waals surface area contributed by atoms with Crippen molar-refractivity contribution in [2.75, 3.05) is 6.61 Å². The molecule has 0 bridgehead atoms. The molecule has 0 aromatic carbocycles. The van der Waals surface area contributed by atoms with Crippen LogP contribution in [0.25, 0.3) is 0 Å². The molecule has 3 rings (SSSR count). The highest BCUT2D eigenvalue weighted by atomic mass is 16.7. The molecule has 5 atom stereocenters. The number of aldehydes is 1. The van der Waals surface area contributed by atoms with Crippen LogP contribution in [0.5, 0.6) is 0 Å². The summed E-state index contributed by atoms with van der Waals surface area (Å²) in [5.74, 6) is 0.106. The Labute approximate surface area is 206 Å². The van der Waals surface area contributed by atoms with Gasteiger partial charge in [0.05, 0.1) is 17.1 Å². The molecule has 3 fully saturated rings. The maximum Gasteiger partial charge on any atom is 0.167 e. The zero-order valence-electron chi connectivity index (χ0n) is 22.0. The summed E-state index contributed by atoms with van der Waals surface area (Å²) in [7, 11) is 0. The Bertz CT molecular complexity index is 897. The highest BCUT2D eigenvalue weighted by Crippen LogP contribution is 2.62. The average Bonchev–Trinajstić information content (AvgIpc) is 3.02. The Hall–Kier alpha value is -1.75. The second kappa shape index (κ2) is 11.3. The first-order valence-electron chi connectivity index (χ1n) is 12.9. The maximum absolute atomic E-state index is 11.7. The molecule has 2 saturated heterocycles. The van der Waals surface area contributed by atoms with Crippen molar-refractivity contribution >= 4 is 6.29 Å². The van der Waals surface area contributed by atoms with Gasteiger partial charge >= 0.3 is 0 Å². The van der Waals surface area contributed by atoms with E-state index in [2.05, 4.69) is 58.1 Å². The molecule has 0 aromatic heterocycles. The number of ether oxygens (including phenoxy) is 2. The predicted octanol–water partition coefficient (Wildman–Crippen LogP) is 6.77. The third-order valence-corrected chi connectivity index (χ3v) is 8.05. The molecule has 0 unspecified atom stereocenters. The largest absolute Gasteiger partial charge is 0.389 e. The summed E-state index contributed by atoms with van der Waals surface area (Å²) in [6.45, 7) is 13.0. The molecule has 1 aliphatic carbocycles. The topological polar surface area (TPSA) is 55.8 Å². The van der Waals surface area contributed by atoms with Crippen LogP contribution in [-0.4, -0.2) is 36.0 Å². The Morgan fingerprint density at radius 3 is 2.68 bits per heavy atom. The molecule has 34 heavy (non-hydrogen) atoms. The van der Waals surface area contributed by atoms with Crippen LogP contribution in [0.15, 0.2) is 58.2 Å². The fourth-order valence-corrected chi connectivity index (χ4v) is 6.14. The van der Waals surface area contributed by atoms with Gasteiger partial charge in [-0.1, -0.05) is 52.7 Å². The van der Waals surface area contributed by atoms with Crippen LogP contribution in [0.4, 0.5) is 0 Å². The lowest BCUT2D eigenvalue weighted by Gasteiger charge is -2.53. The van der Waals surface area contributed by atoms with E-state index in [-0.39, 0.29) is 12.0 Å². The quantitative estimate of drug-likeness (QED) is 0.194. The molecule has 0 radical (unpaired) electrons. The van der Waals surface area contributed by atoms with E-state index >= 15 is 0 Å². The lowest BCUT2D eigenvalue weighted by molar-refractivity contribution is -0.230. The standard InChI is InChI=1S/C30H44O4/c1-21(2)10-7-11-22(3)12-8-13-23(4)18-25-19-30-27(14-9-17-33-28(30)34-25)26(24(5)20-31)15-16-29(30,6)32/h8,10,12-13,18,20,25,27-28,32H,7,9,11,14-17,19H2,1-6H3/b13-8+,22-12+,23-18+,26-24-/t25-,27+,28+,29-,30-/m0/s1. The Morgan fingerprint density at radius 1 is 1.21 bits per heavy atom. The highest BCUT2D eigenvalue weighted by molar-refractivity contribution is 5.74. The number of rotatable bonds is 7. The molecular weight excluding hydrogens is 424 g/mol. The van der Waals surface area contributed by atoms with E-state index in [1.54, 1.807) is 0 Å². The minimum atomic E-state index is -0.906. The summed E-state index contributed by atoms with van der Waals surface area (Å²) in [5.41, 5.74) is 4.42. The van der Waals surface area contributed by atoms with Gasteiger partial charge in [0.2, 0.25) is 0 Å². The summed E-state index contributed by atoms with van der Waals surface area (Å²) < 4.78 is 12.7. The van der Waals surface area contributed by atoms with Crippen molar-refractivity contribution in [3.8, 4) is 0 Å². The first kappa shape index (κ1) is 26.8. The predicted molar refractivity (Wildman–Crippen MR) is 138 cm³/mol. The van der Waals surface area contributed by atoms with E-state index in [0.717, 1.165) is 49.5 Å². The van der Waals surface area contributed by atoms with Crippen molar-refractivity contribution in [3.63, 3.8) is 0 Å².